The summed E-state index contributed by atoms with van der Waals surface area (Å²) in [6.07, 6.45) is 7.38. The van der Waals surface area contributed by atoms with E-state index in [2.05, 4.69) is 14.8 Å². The van der Waals surface area contributed by atoms with Gasteiger partial charge in [-0.3, -0.25) is 4.90 Å². The minimum absolute atomic E-state index is 0.443. The number of aromatic nitrogens is 1. The van der Waals surface area contributed by atoms with Crippen LogP contribution in [0, 0.1) is 0 Å². The maximum atomic E-state index is 5.69. The van der Waals surface area contributed by atoms with Gasteiger partial charge in [-0.05, 0) is 25.0 Å². The Labute approximate surface area is 126 Å². The van der Waals surface area contributed by atoms with Crippen LogP contribution in [0.4, 0.5) is 5.82 Å². The number of hydrogen-bond acceptors (Lipinski definition) is 4. The Morgan fingerprint density at radius 2 is 1.90 bits per heavy atom. The molecule has 5 heteroatoms. The lowest BCUT2D eigenvalue weighted by atomic mass is 10.1. The number of pyridine rings is 1. The highest BCUT2D eigenvalue weighted by Crippen LogP contribution is 2.25. The van der Waals surface area contributed by atoms with Crippen LogP contribution in [0.25, 0.3) is 0 Å². The number of piperazine rings is 1. The zero-order valence-electron chi connectivity index (χ0n) is 11.8. The highest BCUT2D eigenvalue weighted by atomic mass is 32.1. The maximum absolute atomic E-state index is 5.69. The second kappa shape index (κ2) is 6.06. The largest absolute Gasteiger partial charge is 0.389 e. The zero-order chi connectivity index (χ0) is 13.9. The first kappa shape index (κ1) is 13.8. The van der Waals surface area contributed by atoms with Gasteiger partial charge in [0.05, 0.1) is 0 Å². The first-order valence-electron chi connectivity index (χ1n) is 7.49. The van der Waals surface area contributed by atoms with Crippen molar-refractivity contribution in [2.75, 3.05) is 31.1 Å². The van der Waals surface area contributed by atoms with E-state index in [9.17, 15) is 0 Å². The molecule has 1 aliphatic heterocycles. The minimum Gasteiger partial charge on any atom is -0.389 e. The van der Waals surface area contributed by atoms with Gasteiger partial charge in [0.15, 0.2) is 0 Å². The third kappa shape index (κ3) is 2.94. The average Bonchev–Trinajstić information content (AvgIpc) is 3.02. The summed E-state index contributed by atoms with van der Waals surface area (Å²) in [5.74, 6) is 1.00. The lowest BCUT2D eigenvalue weighted by molar-refractivity contribution is 0.187. The van der Waals surface area contributed by atoms with Crippen molar-refractivity contribution in [3.8, 4) is 0 Å². The lowest BCUT2D eigenvalue weighted by Crippen LogP contribution is -2.50. The molecule has 4 nitrogen and oxygen atoms in total. The van der Waals surface area contributed by atoms with Gasteiger partial charge >= 0.3 is 0 Å². The van der Waals surface area contributed by atoms with Gasteiger partial charge in [-0.1, -0.05) is 25.1 Å². The van der Waals surface area contributed by atoms with Crippen LogP contribution in [0.5, 0.6) is 0 Å². The summed E-state index contributed by atoms with van der Waals surface area (Å²) in [5, 5.41) is 0. The molecule has 2 N–H and O–H groups in total. The summed E-state index contributed by atoms with van der Waals surface area (Å²) in [7, 11) is 0. The zero-order valence-corrected chi connectivity index (χ0v) is 12.6. The molecule has 20 heavy (non-hydrogen) atoms. The van der Waals surface area contributed by atoms with Crippen LogP contribution in [-0.2, 0) is 0 Å². The van der Waals surface area contributed by atoms with E-state index in [4.69, 9.17) is 18.0 Å². The molecule has 0 amide bonds. The van der Waals surface area contributed by atoms with E-state index in [0.29, 0.717) is 4.99 Å². The molecule has 1 saturated heterocycles. The summed E-state index contributed by atoms with van der Waals surface area (Å²) in [4.78, 5) is 9.90. The van der Waals surface area contributed by atoms with E-state index >= 15 is 0 Å². The average molecular weight is 290 g/mol. The quantitative estimate of drug-likeness (QED) is 0.860. The molecule has 0 bridgehead atoms. The van der Waals surface area contributed by atoms with Crippen molar-refractivity contribution in [3.05, 3.63) is 23.9 Å². The van der Waals surface area contributed by atoms with E-state index in [-0.39, 0.29) is 0 Å². The Bertz CT molecular complexity index is 477. The van der Waals surface area contributed by atoms with Gasteiger partial charge in [0.1, 0.15) is 10.8 Å². The normalized spacial score (nSPS) is 21.3. The van der Waals surface area contributed by atoms with Crippen LogP contribution < -0.4 is 10.6 Å². The van der Waals surface area contributed by atoms with Crippen LogP contribution in [0.3, 0.4) is 0 Å². The Balaban J connectivity index is 1.62. The first-order chi connectivity index (χ1) is 9.74. The molecule has 3 rings (SSSR count). The van der Waals surface area contributed by atoms with Gasteiger partial charge in [0, 0.05) is 44.0 Å². The fourth-order valence-electron chi connectivity index (χ4n) is 3.33. The fraction of sp³-hybridized carbons (Fsp3) is 0.600. The highest BCUT2D eigenvalue weighted by molar-refractivity contribution is 7.80. The number of rotatable bonds is 3. The standard InChI is InChI=1S/C15H22N4S/c16-15(20)12-5-6-17-14(11-12)19-9-7-18(8-10-19)13-3-1-2-4-13/h5-6,11,13H,1-4,7-10H2,(H2,16,20). The second-order valence-corrected chi connectivity index (χ2v) is 6.17. The predicted octanol–water partition coefficient (Wildman–Crippen LogP) is 1.78. The molecule has 2 fully saturated rings. The summed E-state index contributed by atoms with van der Waals surface area (Å²) in [6, 6.07) is 4.71. The van der Waals surface area contributed by atoms with Gasteiger partial charge in [-0.2, -0.15) is 0 Å². The van der Waals surface area contributed by atoms with Crippen LogP contribution >= 0.6 is 12.2 Å². The molecular weight excluding hydrogens is 268 g/mol. The number of nitrogens with zero attached hydrogens (tertiary/aromatic N) is 3. The summed E-state index contributed by atoms with van der Waals surface area (Å²) >= 11 is 5.04. The summed E-state index contributed by atoms with van der Waals surface area (Å²) < 4.78 is 0. The van der Waals surface area contributed by atoms with Crippen molar-refractivity contribution in [2.45, 2.75) is 31.7 Å². The van der Waals surface area contributed by atoms with E-state index in [1.807, 2.05) is 12.1 Å². The van der Waals surface area contributed by atoms with Gasteiger partial charge in [0.2, 0.25) is 0 Å². The van der Waals surface area contributed by atoms with Crippen molar-refractivity contribution in [1.29, 1.82) is 0 Å². The van der Waals surface area contributed by atoms with Crippen LogP contribution in [-0.4, -0.2) is 47.1 Å². The van der Waals surface area contributed by atoms with E-state index in [1.165, 1.54) is 25.7 Å². The molecule has 0 aromatic carbocycles. The molecule has 1 aliphatic carbocycles. The highest BCUT2D eigenvalue weighted by Gasteiger charge is 2.26. The number of nitrogens with two attached hydrogens (primary N) is 1. The van der Waals surface area contributed by atoms with Gasteiger partial charge in [0.25, 0.3) is 0 Å². The third-order valence-electron chi connectivity index (χ3n) is 4.51. The molecular formula is C15H22N4S. The summed E-state index contributed by atoms with van der Waals surface area (Å²) in [6.45, 7) is 4.38. The Kier molecular flexibility index (Phi) is 4.17. The second-order valence-electron chi connectivity index (χ2n) is 5.73. The van der Waals surface area contributed by atoms with Crippen molar-refractivity contribution >= 4 is 23.0 Å². The molecule has 0 unspecified atom stereocenters. The van der Waals surface area contributed by atoms with Crippen molar-refractivity contribution in [1.82, 2.24) is 9.88 Å². The smallest absolute Gasteiger partial charge is 0.129 e. The van der Waals surface area contributed by atoms with Crippen molar-refractivity contribution < 1.29 is 0 Å². The van der Waals surface area contributed by atoms with E-state index in [0.717, 1.165) is 43.6 Å². The summed E-state index contributed by atoms with van der Waals surface area (Å²) in [5.41, 5.74) is 6.60. The number of hydrogen-bond donors (Lipinski definition) is 1. The van der Waals surface area contributed by atoms with Gasteiger partial charge in [-0.25, -0.2) is 4.98 Å². The third-order valence-corrected chi connectivity index (χ3v) is 4.75. The Hall–Kier alpha value is -1.20. The number of anilines is 1. The molecule has 2 aliphatic rings. The molecule has 108 valence electrons. The van der Waals surface area contributed by atoms with Crippen molar-refractivity contribution in [2.24, 2.45) is 5.73 Å². The van der Waals surface area contributed by atoms with Gasteiger partial charge < -0.3 is 10.6 Å². The molecule has 1 aromatic rings. The van der Waals surface area contributed by atoms with Crippen molar-refractivity contribution in [3.63, 3.8) is 0 Å². The van der Waals surface area contributed by atoms with Crippen LogP contribution in [0.2, 0.25) is 0 Å². The van der Waals surface area contributed by atoms with Gasteiger partial charge in [-0.15, -0.1) is 0 Å². The Morgan fingerprint density at radius 3 is 2.55 bits per heavy atom. The predicted molar refractivity (Wildman–Crippen MR) is 86.2 cm³/mol. The molecule has 0 radical (unpaired) electrons. The van der Waals surface area contributed by atoms with E-state index in [1.54, 1.807) is 6.20 Å². The minimum atomic E-state index is 0.443. The molecule has 0 atom stereocenters. The molecule has 1 saturated carbocycles. The Morgan fingerprint density at radius 1 is 1.20 bits per heavy atom. The molecule has 2 heterocycles. The number of thiocarbonyl (C=S) groups is 1. The maximum Gasteiger partial charge on any atom is 0.129 e. The van der Waals surface area contributed by atoms with Crippen LogP contribution in [0.1, 0.15) is 31.2 Å². The van der Waals surface area contributed by atoms with Crippen LogP contribution in [0.15, 0.2) is 18.3 Å². The fourth-order valence-corrected chi connectivity index (χ4v) is 3.46. The monoisotopic (exact) mass is 290 g/mol. The lowest BCUT2D eigenvalue weighted by Gasteiger charge is -2.38. The topological polar surface area (TPSA) is 45.4 Å². The van der Waals surface area contributed by atoms with E-state index < -0.39 is 0 Å². The molecule has 1 aromatic heterocycles. The SMILES string of the molecule is NC(=S)c1ccnc(N2CCN(C3CCCC3)CC2)c1. The molecule has 0 spiro atoms. The first-order valence-corrected chi connectivity index (χ1v) is 7.90.